The summed E-state index contributed by atoms with van der Waals surface area (Å²) in [5.74, 6) is -0.503. The number of hydrogen-bond donors (Lipinski definition) is 1. The fourth-order valence-corrected chi connectivity index (χ4v) is 1.81. The van der Waals surface area contributed by atoms with Gasteiger partial charge in [0.25, 0.3) is 11.6 Å². The standard InChI is InChI=1S/C12H15ClN2O5/c1-19-7-8(20-2)6-14-12(16)9-4-3-5-10(11(9)13)15(17)18/h3-5,8H,6-7H2,1-2H3,(H,14,16). The predicted octanol–water partition coefficient (Wildman–Crippen LogP) is 1.64. The summed E-state index contributed by atoms with van der Waals surface area (Å²) < 4.78 is 10.0. The molecule has 0 bridgehead atoms. The van der Waals surface area contributed by atoms with Crippen LogP contribution < -0.4 is 5.32 Å². The van der Waals surface area contributed by atoms with Crippen LogP contribution in [-0.4, -0.2) is 44.3 Å². The maximum absolute atomic E-state index is 12.0. The summed E-state index contributed by atoms with van der Waals surface area (Å²) in [6, 6.07) is 4.06. The quantitative estimate of drug-likeness (QED) is 0.611. The van der Waals surface area contributed by atoms with E-state index < -0.39 is 10.8 Å². The van der Waals surface area contributed by atoms with Crippen molar-refractivity contribution in [1.82, 2.24) is 5.32 Å². The van der Waals surface area contributed by atoms with Crippen LogP contribution in [0.3, 0.4) is 0 Å². The fourth-order valence-electron chi connectivity index (χ4n) is 1.53. The van der Waals surface area contributed by atoms with Gasteiger partial charge in [0.1, 0.15) is 5.02 Å². The molecule has 0 spiro atoms. The smallest absolute Gasteiger partial charge is 0.288 e. The Labute approximate surface area is 121 Å². The van der Waals surface area contributed by atoms with E-state index in [2.05, 4.69) is 5.32 Å². The summed E-state index contributed by atoms with van der Waals surface area (Å²) in [5.41, 5.74) is -0.257. The number of nitro benzene ring substituents is 1. The largest absolute Gasteiger partial charge is 0.382 e. The Morgan fingerprint density at radius 2 is 2.20 bits per heavy atom. The molecule has 0 saturated heterocycles. The van der Waals surface area contributed by atoms with Crippen LogP contribution in [0, 0.1) is 10.1 Å². The Morgan fingerprint density at radius 1 is 1.50 bits per heavy atom. The van der Waals surface area contributed by atoms with Crippen molar-refractivity contribution in [2.24, 2.45) is 0 Å². The number of carbonyl (C=O) groups excluding carboxylic acids is 1. The van der Waals surface area contributed by atoms with Gasteiger partial charge in [-0.25, -0.2) is 0 Å². The number of methoxy groups -OCH3 is 2. The molecular formula is C12H15ClN2O5. The zero-order valence-corrected chi connectivity index (χ0v) is 11.8. The van der Waals surface area contributed by atoms with Crippen molar-refractivity contribution < 1.29 is 19.2 Å². The molecule has 0 radical (unpaired) electrons. The number of nitrogens with zero attached hydrogens (tertiary/aromatic N) is 1. The number of ether oxygens (including phenoxy) is 2. The zero-order valence-electron chi connectivity index (χ0n) is 11.1. The van der Waals surface area contributed by atoms with Gasteiger partial charge in [-0.15, -0.1) is 0 Å². The molecule has 0 aromatic heterocycles. The minimum atomic E-state index is -0.637. The van der Waals surface area contributed by atoms with Crippen molar-refractivity contribution in [3.8, 4) is 0 Å². The number of nitrogens with one attached hydrogen (secondary N) is 1. The fraction of sp³-hybridized carbons (Fsp3) is 0.417. The number of halogens is 1. The van der Waals surface area contributed by atoms with Gasteiger partial charge in [0.2, 0.25) is 0 Å². The molecule has 1 N–H and O–H groups in total. The van der Waals surface area contributed by atoms with Gasteiger partial charge in [0.05, 0.1) is 23.2 Å². The highest BCUT2D eigenvalue weighted by Gasteiger charge is 2.20. The molecule has 1 amide bonds. The SMILES string of the molecule is COCC(CNC(=O)c1cccc([N+](=O)[O-])c1Cl)OC. The van der Waals surface area contributed by atoms with Gasteiger partial charge in [-0.05, 0) is 6.07 Å². The van der Waals surface area contributed by atoms with E-state index in [4.69, 9.17) is 21.1 Å². The van der Waals surface area contributed by atoms with Crippen LogP contribution in [0.5, 0.6) is 0 Å². The van der Waals surface area contributed by atoms with Crippen molar-refractivity contribution in [3.05, 3.63) is 38.9 Å². The first-order valence-electron chi connectivity index (χ1n) is 5.74. The van der Waals surface area contributed by atoms with Crippen LogP contribution in [0.4, 0.5) is 5.69 Å². The van der Waals surface area contributed by atoms with Crippen molar-refractivity contribution >= 4 is 23.2 Å². The molecule has 1 aromatic rings. The van der Waals surface area contributed by atoms with Gasteiger partial charge >= 0.3 is 0 Å². The zero-order chi connectivity index (χ0) is 15.1. The van der Waals surface area contributed by atoms with Gasteiger partial charge in [-0.1, -0.05) is 17.7 Å². The molecular weight excluding hydrogens is 288 g/mol. The lowest BCUT2D eigenvalue weighted by atomic mass is 10.2. The second kappa shape index (κ2) is 7.78. The molecule has 1 atom stereocenters. The Hall–Kier alpha value is -1.70. The Bertz CT molecular complexity index is 495. The molecule has 0 aliphatic heterocycles. The van der Waals surface area contributed by atoms with E-state index in [1.807, 2.05) is 0 Å². The molecule has 110 valence electrons. The number of nitro groups is 1. The summed E-state index contributed by atoms with van der Waals surface area (Å²) >= 11 is 5.85. The van der Waals surface area contributed by atoms with E-state index in [0.717, 1.165) is 0 Å². The molecule has 0 saturated carbocycles. The van der Waals surface area contributed by atoms with Crippen molar-refractivity contribution in [2.45, 2.75) is 6.10 Å². The molecule has 20 heavy (non-hydrogen) atoms. The Morgan fingerprint density at radius 3 is 2.75 bits per heavy atom. The summed E-state index contributed by atoms with van der Waals surface area (Å²) in [5, 5.41) is 13.2. The second-order valence-electron chi connectivity index (χ2n) is 3.92. The highest BCUT2D eigenvalue weighted by molar-refractivity contribution is 6.35. The molecule has 1 unspecified atom stereocenters. The number of benzene rings is 1. The monoisotopic (exact) mass is 302 g/mol. The first-order valence-corrected chi connectivity index (χ1v) is 6.11. The van der Waals surface area contributed by atoms with Crippen LogP contribution in [-0.2, 0) is 9.47 Å². The third-order valence-corrected chi connectivity index (χ3v) is 2.99. The first-order chi connectivity index (χ1) is 9.51. The van der Waals surface area contributed by atoms with E-state index in [9.17, 15) is 14.9 Å². The number of carbonyl (C=O) groups is 1. The summed E-state index contributed by atoms with van der Waals surface area (Å²) in [4.78, 5) is 22.1. The lowest BCUT2D eigenvalue weighted by Gasteiger charge is -2.15. The van der Waals surface area contributed by atoms with Gasteiger partial charge in [0, 0.05) is 26.8 Å². The molecule has 1 rings (SSSR count). The Balaban J connectivity index is 2.78. The highest BCUT2D eigenvalue weighted by Crippen LogP contribution is 2.27. The average Bonchev–Trinajstić information content (AvgIpc) is 2.43. The number of rotatable bonds is 7. The minimum absolute atomic E-state index is 0.0492. The van der Waals surface area contributed by atoms with E-state index in [-0.39, 0.29) is 28.9 Å². The van der Waals surface area contributed by atoms with Crippen molar-refractivity contribution in [3.63, 3.8) is 0 Å². The normalized spacial score (nSPS) is 11.9. The summed E-state index contributed by atoms with van der Waals surface area (Å²) in [6.45, 7) is 0.529. The van der Waals surface area contributed by atoms with Crippen LogP contribution in [0.2, 0.25) is 5.02 Å². The lowest BCUT2D eigenvalue weighted by Crippen LogP contribution is -2.35. The van der Waals surface area contributed by atoms with Crippen molar-refractivity contribution in [2.75, 3.05) is 27.4 Å². The maximum Gasteiger partial charge on any atom is 0.288 e. The van der Waals surface area contributed by atoms with Gasteiger partial charge in [-0.3, -0.25) is 14.9 Å². The molecule has 8 heteroatoms. The third-order valence-electron chi connectivity index (χ3n) is 2.60. The van der Waals surface area contributed by atoms with Gasteiger partial charge in [0.15, 0.2) is 0 Å². The Kier molecular flexibility index (Phi) is 6.37. The molecule has 1 aromatic carbocycles. The van der Waals surface area contributed by atoms with Crippen LogP contribution in [0.25, 0.3) is 0 Å². The molecule has 0 aliphatic carbocycles. The van der Waals surface area contributed by atoms with Gasteiger partial charge < -0.3 is 14.8 Å². The van der Waals surface area contributed by atoms with E-state index in [0.29, 0.717) is 6.61 Å². The summed E-state index contributed by atoms with van der Waals surface area (Å²) in [7, 11) is 3.02. The van der Waals surface area contributed by atoms with Crippen molar-refractivity contribution in [1.29, 1.82) is 0 Å². The summed E-state index contributed by atoms with van der Waals surface area (Å²) in [6.07, 6.45) is -0.304. The number of amides is 1. The van der Waals surface area contributed by atoms with Crippen LogP contribution in [0.1, 0.15) is 10.4 Å². The second-order valence-corrected chi connectivity index (χ2v) is 4.30. The van der Waals surface area contributed by atoms with Crippen LogP contribution >= 0.6 is 11.6 Å². The third kappa shape index (κ3) is 4.16. The van der Waals surface area contributed by atoms with E-state index in [1.165, 1.54) is 32.4 Å². The molecule has 0 heterocycles. The predicted molar refractivity (Wildman–Crippen MR) is 73.1 cm³/mol. The highest BCUT2D eigenvalue weighted by atomic mass is 35.5. The maximum atomic E-state index is 12.0. The number of hydrogen-bond acceptors (Lipinski definition) is 5. The average molecular weight is 303 g/mol. The van der Waals surface area contributed by atoms with E-state index in [1.54, 1.807) is 0 Å². The molecule has 0 fully saturated rings. The van der Waals surface area contributed by atoms with Crippen LogP contribution in [0.15, 0.2) is 18.2 Å². The van der Waals surface area contributed by atoms with E-state index >= 15 is 0 Å². The molecule has 0 aliphatic rings. The topological polar surface area (TPSA) is 90.7 Å². The lowest BCUT2D eigenvalue weighted by molar-refractivity contribution is -0.384. The molecule has 7 nitrogen and oxygen atoms in total. The minimum Gasteiger partial charge on any atom is -0.382 e. The first kappa shape index (κ1) is 16.4. The van der Waals surface area contributed by atoms with Gasteiger partial charge in [-0.2, -0.15) is 0 Å².